The van der Waals surface area contributed by atoms with Gasteiger partial charge < -0.3 is 15.3 Å². The van der Waals surface area contributed by atoms with Crippen LogP contribution in [0.4, 0.5) is 5.82 Å². The maximum absolute atomic E-state index is 13.2. The molecule has 1 aliphatic carbocycles. The van der Waals surface area contributed by atoms with Gasteiger partial charge in [0, 0.05) is 35.9 Å². The molecule has 2 aromatic heterocycles. The molecule has 0 bridgehead atoms. The van der Waals surface area contributed by atoms with Gasteiger partial charge in [-0.25, -0.2) is 9.78 Å². The third kappa shape index (κ3) is 4.48. The molecule has 1 atom stereocenters. The molecular formula is C26H30ClN5O4. The van der Waals surface area contributed by atoms with Crippen LogP contribution in [0.1, 0.15) is 51.9 Å². The van der Waals surface area contributed by atoms with E-state index >= 15 is 0 Å². The number of nitrogens with one attached hydrogen (secondary N) is 1. The van der Waals surface area contributed by atoms with Gasteiger partial charge >= 0.3 is 5.97 Å². The zero-order chi connectivity index (χ0) is 25.4. The molecule has 1 amide bonds. The number of aryl methyl sites for hydroxylation is 1. The van der Waals surface area contributed by atoms with Crippen molar-refractivity contribution in [1.82, 2.24) is 19.3 Å². The Kier molecular flexibility index (Phi) is 6.51. The number of hydrogen-bond acceptors (Lipinski definition) is 5. The van der Waals surface area contributed by atoms with Gasteiger partial charge in [0.2, 0.25) is 11.7 Å². The van der Waals surface area contributed by atoms with Crippen LogP contribution in [-0.4, -0.2) is 49.1 Å². The second kappa shape index (κ2) is 9.61. The highest BCUT2D eigenvalue weighted by molar-refractivity contribution is 6.30. The fourth-order valence-corrected chi connectivity index (χ4v) is 5.09. The predicted octanol–water partition coefficient (Wildman–Crippen LogP) is 3.71. The minimum absolute atomic E-state index is 0.227. The smallest absolute Gasteiger partial charge is 0.329 e. The Morgan fingerprint density at radius 2 is 1.97 bits per heavy atom. The standard InChI is InChI=1S/C26H30ClN5O4/c1-2-3-4-13-31-21(30-14-5-6-20(30)23(34)29-26(11-12-26)24(35)36)15-22(33)32-16-19(28-25(31)32)17-7-9-18(27)10-8-17/h7-10,15-16,20H,2-6,11-14H2,1H3,(H,29,34)(H,35,36)/t20-/m0/s1. The van der Waals surface area contributed by atoms with E-state index in [4.69, 9.17) is 16.6 Å². The Hall–Kier alpha value is -3.33. The van der Waals surface area contributed by atoms with Crippen molar-refractivity contribution >= 4 is 35.1 Å². The van der Waals surface area contributed by atoms with Crippen LogP contribution in [0.15, 0.2) is 41.3 Å². The van der Waals surface area contributed by atoms with Gasteiger partial charge in [0.25, 0.3) is 5.56 Å². The summed E-state index contributed by atoms with van der Waals surface area (Å²) in [6.07, 6.45) is 6.95. The summed E-state index contributed by atoms with van der Waals surface area (Å²) in [5, 5.41) is 12.9. The lowest BCUT2D eigenvalue weighted by atomic mass is 10.1. The van der Waals surface area contributed by atoms with Gasteiger partial charge in [-0.15, -0.1) is 0 Å². The number of rotatable bonds is 9. The number of fused-ring (bicyclic) bond motifs is 1. The summed E-state index contributed by atoms with van der Waals surface area (Å²) in [4.78, 5) is 44.8. The highest BCUT2D eigenvalue weighted by Crippen LogP contribution is 2.36. The lowest BCUT2D eigenvalue weighted by Crippen LogP contribution is -2.51. The monoisotopic (exact) mass is 511 g/mol. The molecule has 5 rings (SSSR count). The summed E-state index contributed by atoms with van der Waals surface area (Å²) in [5.41, 5.74) is 0.144. The van der Waals surface area contributed by atoms with E-state index in [0.29, 0.717) is 54.7 Å². The molecule has 1 aromatic carbocycles. The number of carbonyl (C=O) groups is 2. The summed E-state index contributed by atoms with van der Waals surface area (Å²) in [5.74, 6) is -0.126. The normalized spacial score (nSPS) is 18.5. The molecule has 36 heavy (non-hydrogen) atoms. The van der Waals surface area contributed by atoms with Crippen molar-refractivity contribution < 1.29 is 14.7 Å². The zero-order valence-electron chi connectivity index (χ0n) is 20.2. The molecule has 1 aliphatic heterocycles. The van der Waals surface area contributed by atoms with E-state index in [-0.39, 0.29) is 11.5 Å². The number of amides is 1. The predicted molar refractivity (Wildman–Crippen MR) is 138 cm³/mol. The largest absolute Gasteiger partial charge is 0.480 e. The molecule has 0 spiro atoms. The van der Waals surface area contributed by atoms with Crippen molar-refractivity contribution in [3.63, 3.8) is 0 Å². The number of carboxylic acid groups (broad SMARTS) is 1. The molecule has 0 radical (unpaired) electrons. The molecule has 2 aliphatic rings. The molecule has 0 unspecified atom stereocenters. The Bertz CT molecular complexity index is 1360. The van der Waals surface area contributed by atoms with Gasteiger partial charge in [-0.1, -0.05) is 43.5 Å². The third-order valence-electron chi connectivity index (χ3n) is 7.19. The minimum Gasteiger partial charge on any atom is -0.480 e. The number of imidazole rings is 1. The lowest BCUT2D eigenvalue weighted by Gasteiger charge is -2.29. The lowest BCUT2D eigenvalue weighted by molar-refractivity contribution is -0.143. The van der Waals surface area contributed by atoms with E-state index in [1.54, 1.807) is 28.8 Å². The SMILES string of the molecule is CCCCCn1c(N2CCC[C@H]2C(=O)NC2(C(=O)O)CC2)cc(=O)n2cc(-c3ccc(Cl)cc3)nc12. The number of hydrogen-bond donors (Lipinski definition) is 2. The molecular weight excluding hydrogens is 482 g/mol. The van der Waals surface area contributed by atoms with Crippen LogP contribution in [0.25, 0.3) is 17.0 Å². The van der Waals surface area contributed by atoms with Crippen LogP contribution in [0, 0.1) is 0 Å². The molecule has 190 valence electrons. The van der Waals surface area contributed by atoms with E-state index in [2.05, 4.69) is 12.2 Å². The number of anilines is 1. The molecule has 9 nitrogen and oxygen atoms in total. The van der Waals surface area contributed by atoms with E-state index in [1.807, 2.05) is 21.6 Å². The van der Waals surface area contributed by atoms with Crippen molar-refractivity contribution in [2.45, 2.75) is 70.0 Å². The maximum atomic E-state index is 13.2. The van der Waals surface area contributed by atoms with Gasteiger partial charge in [0.05, 0.1) is 5.69 Å². The van der Waals surface area contributed by atoms with Crippen molar-refractivity contribution in [3.8, 4) is 11.3 Å². The second-order valence-corrected chi connectivity index (χ2v) is 10.2. The van der Waals surface area contributed by atoms with Gasteiger partial charge in [-0.3, -0.25) is 18.6 Å². The van der Waals surface area contributed by atoms with Crippen LogP contribution in [0.5, 0.6) is 0 Å². The van der Waals surface area contributed by atoms with Gasteiger partial charge in [0.15, 0.2) is 0 Å². The first-order chi connectivity index (χ1) is 17.3. The average molecular weight is 512 g/mol. The van der Waals surface area contributed by atoms with Crippen molar-refractivity contribution in [3.05, 3.63) is 51.9 Å². The Balaban J connectivity index is 1.55. The molecule has 2 N–H and O–H groups in total. The maximum Gasteiger partial charge on any atom is 0.329 e. The first-order valence-corrected chi connectivity index (χ1v) is 12.9. The molecule has 1 saturated heterocycles. The van der Waals surface area contributed by atoms with Crippen LogP contribution in [0.2, 0.25) is 5.02 Å². The summed E-state index contributed by atoms with van der Waals surface area (Å²) in [6.45, 7) is 3.38. The highest BCUT2D eigenvalue weighted by atomic mass is 35.5. The summed E-state index contributed by atoms with van der Waals surface area (Å²) in [6, 6.07) is 8.35. The Labute approximate surface area is 213 Å². The van der Waals surface area contributed by atoms with E-state index in [0.717, 1.165) is 31.2 Å². The Morgan fingerprint density at radius 1 is 1.22 bits per heavy atom. The van der Waals surface area contributed by atoms with E-state index in [1.165, 1.54) is 0 Å². The van der Waals surface area contributed by atoms with E-state index in [9.17, 15) is 19.5 Å². The van der Waals surface area contributed by atoms with Crippen molar-refractivity contribution in [2.75, 3.05) is 11.4 Å². The summed E-state index contributed by atoms with van der Waals surface area (Å²) >= 11 is 6.04. The average Bonchev–Trinajstić information content (AvgIpc) is 3.27. The zero-order valence-corrected chi connectivity index (χ0v) is 21.0. The fraction of sp³-hybridized carbons (Fsp3) is 0.462. The molecule has 1 saturated carbocycles. The number of halogens is 1. The fourth-order valence-electron chi connectivity index (χ4n) is 4.97. The summed E-state index contributed by atoms with van der Waals surface area (Å²) < 4.78 is 3.57. The van der Waals surface area contributed by atoms with Crippen LogP contribution in [-0.2, 0) is 16.1 Å². The molecule has 2 fully saturated rings. The van der Waals surface area contributed by atoms with Crippen molar-refractivity contribution in [2.24, 2.45) is 0 Å². The third-order valence-corrected chi connectivity index (χ3v) is 7.44. The summed E-state index contributed by atoms with van der Waals surface area (Å²) in [7, 11) is 0. The number of aliphatic carboxylic acids is 1. The minimum atomic E-state index is -1.15. The first kappa shape index (κ1) is 24.4. The van der Waals surface area contributed by atoms with Crippen LogP contribution in [0.3, 0.4) is 0 Å². The molecule has 10 heteroatoms. The number of benzene rings is 1. The number of carbonyl (C=O) groups excluding carboxylic acids is 1. The number of aromatic nitrogens is 3. The molecule has 3 aromatic rings. The molecule has 3 heterocycles. The van der Waals surface area contributed by atoms with Gasteiger partial charge in [-0.05, 0) is 44.2 Å². The number of nitrogens with zero attached hydrogens (tertiary/aromatic N) is 4. The number of unbranched alkanes of at least 4 members (excludes halogenated alkanes) is 2. The number of carboxylic acids is 1. The topological polar surface area (TPSA) is 109 Å². The van der Waals surface area contributed by atoms with Crippen LogP contribution < -0.4 is 15.8 Å². The Morgan fingerprint density at radius 3 is 2.64 bits per heavy atom. The second-order valence-electron chi connectivity index (χ2n) is 9.73. The first-order valence-electron chi connectivity index (χ1n) is 12.5. The van der Waals surface area contributed by atoms with E-state index < -0.39 is 17.6 Å². The van der Waals surface area contributed by atoms with Gasteiger partial charge in [-0.2, -0.15) is 0 Å². The van der Waals surface area contributed by atoms with Gasteiger partial charge in [0.1, 0.15) is 17.4 Å². The highest BCUT2D eigenvalue weighted by Gasteiger charge is 2.53. The van der Waals surface area contributed by atoms with Crippen LogP contribution >= 0.6 is 11.6 Å². The quantitative estimate of drug-likeness (QED) is 0.424. The van der Waals surface area contributed by atoms with Crippen molar-refractivity contribution in [1.29, 1.82) is 0 Å².